The number of rotatable bonds is 5. The molecule has 0 N–H and O–H groups in total. The molecule has 2 aliphatic rings. The normalized spacial score (nSPS) is 20.8. The summed E-state index contributed by atoms with van der Waals surface area (Å²) in [5, 5.41) is 0. The van der Waals surface area contributed by atoms with Gasteiger partial charge in [0.05, 0.1) is 0 Å². The molecule has 3 heteroatoms. The number of piperazine rings is 1. The van der Waals surface area contributed by atoms with Crippen molar-refractivity contribution in [3.8, 4) is 0 Å². The quantitative estimate of drug-likeness (QED) is 0.816. The Kier molecular flexibility index (Phi) is 6.18. The van der Waals surface area contributed by atoms with Gasteiger partial charge in [0.15, 0.2) is 0 Å². The predicted octanol–water partition coefficient (Wildman–Crippen LogP) is 3.72. The second kappa shape index (κ2) is 8.35. The highest BCUT2D eigenvalue weighted by atomic mass is 15.3. The van der Waals surface area contributed by atoms with E-state index < -0.39 is 0 Å². The zero-order chi connectivity index (χ0) is 16.9. The van der Waals surface area contributed by atoms with E-state index in [-0.39, 0.29) is 0 Å². The number of hydrogen-bond acceptors (Lipinski definition) is 3. The first-order valence-corrected chi connectivity index (χ1v) is 9.70. The second-order valence-corrected chi connectivity index (χ2v) is 7.87. The third-order valence-electron chi connectivity index (χ3n) is 5.51. The van der Waals surface area contributed by atoms with Crippen LogP contribution in [0.4, 0.5) is 5.69 Å². The maximum absolute atomic E-state index is 2.63. The molecule has 0 bridgehead atoms. The summed E-state index contributed by atoms with van der Waals surface area (Å²) in [5.74, 6) is 1.52. The Morgan fingerprint density at radius 3 is 2.21 bits per heavy atom. The van der Waals surface area contributed by atoms with Gasteiger partial charge in [-0.05, 0) is 49.3 Å². The van der Waals surface area contributed by atoms with Crippen molar-refractivity contribution in [2.75, 3.05) is 50.7 Å². The molecule has 133 valence electrons. The molecule has 0 saturated carbocycles. The van der Waals surface area contributed by atoms with Gasteiger partial charge in [-0.1, -0.05) is 26.0 Å². The van der Waals surface area contributed by atoms with Crippen molar-refractivity contribution in [2.24, 2.45) is 0 Å². The van der Waals surface area contributed by atoms with Gasteiger partial charge in [-0.3, -0.25) is 4.90 Å². The zero-order valence-electron chi connectivity index (χ0n) is 15.9. The Morgan fingerprint density at radius 2 is 1.54 bits per heavy atom. The van der Waals surface area contributed by atoms with Gasteiger partial charge in [0, 0.05) is 58.0 Å². The fourth-order valence-electron chi connectivity index (χ4n) is 4.11. The van der Waals surface area contributed by atoms with Gasteiger partial charge in [-0.25, -0.2) is 0 Å². The average Bonchev–Trinajstić information content (AvgIpc) is 2.59. The molecule has 2 fully saturated rings. The van der Waals surface area contributed by atoms with Crippen molar-refractivity contribution >= 4 is 5.69 Å². The summed E-state index contributed by atoms with van der Waals surface area (Å²) in [4.78, 5) is 7.81. The molecule has 2 heterocycles. The number of anilines is 1. The van der Waals surface area contributed by atoms with Gasteiger partial charge in [-0.15, -0.1) is 0 Å². The van der Waals surface area contributed by atoms with Crippen molar-refractivity contribution in [3.05, 3.63) is 35.2 Å². The molecule has 0 unspecified atom stereocenters. The summed E-state index contributed by atoms with van der Waals surface area (Å²) in [7, 11) is 0. The van der Waals surface area contributed by atoms with E-state index in [2.05, 4.69) is 53.7 Å². The van der Waals surface area contributed by atoms with Crippen molar-refractivity contribution in [3.63, 3.8) is 0 Å². The van der Waals surface area contributed by atoms with E-state index in [0.29, 0.717) is 0 Å². The third kappa shape index (κ3) is 4.52. The first-order valence-electron chi connectivity index (χ1n) is 9.70. The topological polar surface area (TPSA) is 9.72 Å². The van der Waals surface area contributed by atoms with Gasteiger partial charge in [-0.2, -0.15) is 0 Å². The molecule has 0 atom stereocenters. The number of nitrogens with zero attached hydrogens (tertiary/aromatic N) is 3. The minimum absolute atomic E-state index is 1.11. The first kappa shape index (κ1) is 17.8. The van der Waals surface area contributed by atoms with E-state index in [4.69, 9.17) is 0 Å². The summed E-state index contributed by atoms with van der Waals surface area (Å²) in [6.07, 6.45) is 4.09. The molecule has 1 aromatic rings. The van der Waals surface area contributed by atoms with Crippen LogP contribution in [0.15, 0.2) is 18.2 Å². The Balaban J connectivity index is 1.59. The Morgan fingerprint density at radius 1 is 0.875 bits per heavy atom. The SMILES string of the molecule is C[C](C)CN1CCN(Cc2cccc(N3CCCCC3)c2C)CC1. The fourth-order valence-corrected chi connectivity index (χ4v) is 4.11. The van der Waals surface area contributed by atoms with E-state index in [1.807, 2.05) is 0 Å². The molecule has 0 amide bonds. The second-order valence-electron chi connectivity index (χ2n) is 7.87. The van der Waals surface area contributed by atoms with Crippen LogP contribution in [0.25, 0.3) is 0 Å². The molecule has 3 nitrogen and oxygen atoms in total. The van der Waals surface area contributed by atoms with Gasteiger partial charge < -0.3 is 9.80 Å². The van der Waals surface area contributed by atoms with Crippen LogP contribution in [0, 0.1) is 12.8 Å². The molecule has 2 saturated heterocycles. The summed E-state index contributed by atoms with van der Waals surface area (Å²) in [6, 6.07) is 6.92. The van der Waals surface area contributed by atoms with E-state index in [1.54, 1.807) is 0 Å². The summed E-state index contributed by atoms with van der Waals surface area (Å²) >= 11 is 0. The molecule has 2 aliphatic heterocycles. The molecule has 1 radical (unpaired) electrons. The maximum atomic E-state index is 2.63. The lowest BCUT2D eigenvalue weighted by molar-refractivity contribution is 0.131. The monoisotopic (exact) mass is 328 g/mol. The lowest BCUT2D eigenvalue weighted by Gasteiger charge is -2.36. The van der Waals surface area contributed by atoms with Gasteiger partial charge >= 0.3 is 0 Å². The Hall–Kier alpha value is -1.06. The number of hydrogen-bond donors (Lipinski definition) is 0. The summed E-state index contributed by atoms with van der Waals surface area (Å²) in [6.45, 7) is 16.3. The van der Waals surface area contributed by atoms with Crippen LogP contribution in [-0.2, 0) is 6.54 Å². The standard InChI is InChI=1S/C21H34N3/c1-18(2)16-22-12-14-23(15-13-22)17-20-8-7-9-21(19(20)3)24-10-5-4-6-11-24/h7-9H,4-6,10-17H2,1-3H3. The Labute approximate surface area is 148 Å². The molecular weight excluding hydrogens is 294 g/mol. The molecule has 24 heavy (non-hydrogen) atoms. The first-order chi connectivity index (χ1) is 11.6. The highest BCUT2D eigenvalue weighted by molar-refractivity contribution is 5.56. The molecule has 0 spiro atoms. The van der Waals surface area contributed by atoms with Crippen LogP contribution in [0.1, 0.15) is 44.2 Å². The van der Waals surface area contributed by atoms with Crippen LogP contribution in [0.5, 0.6) is 0 Å². The predicted molar refractivity (Wildman–Crippen MR) is 104 cm³/mol. The van der Waals surface area contributed by atoms with Crippen LogP contribution in [0.3, 0.4) is 0 Å². The smallest absolute Gasteiger partial charge is 0.0399 e. The van der Waals surface area contributed by atoms with E-state index in [9.17, 15) is 0 Å². The minimum Gasteiger partial charge on any atom is -0.371 e. The summed E-state index contributed by atoms with van der Waals surface area (Å²) in [5.41, 5.74) is 4.49. The summed E-state index contributed by atoms with van der Waals surface area (Å²) < 4.78 is 0. The highest BCUT2D eigenvalue weighted by Gasteiger charge is 2.19. The van der Waals surface area contributed by atoms with Gasteiger partial charge in [0.2, 0.25) is 0 Å². The van der Waals surface area contributed by atoms with Gasteiger partial charge in [0.25, 0.3) is 0 Å². The van der Waals surface area contributed by atoms with E-state index in [0.717, 1.165) is 13.1 Å². The van der Waals surface area contributed by atoms with Gasteiger partial charge in [0.1, 0.15) is 0 Å². The Bertz CT molecular complexity index is 512. The van der Waals surface area contributed by atoms with Crippen molar-refractivity contribution in [1.82, 2.24) is 9.80 Å². The third-order valence-corrected chi connectivity index (χ3v) is 5.51. The molecule has 3 rings (SSSR count). The number of benzene rings is 1. The van der Waals surface area contributed by atoms with Crippen LogP contribution in [0.2, 0.25) is 0 Å². The van der Waals surface area contributed by atoms with E-state index in [1.165, 1.54) is 81.3 Å². The number of piperidine rings is 1. The molecule has 0 aromatic heterocycles. The van der Waals surface area contributed by atoms with Crippen LogP contribution < -0.4 is 4.90 Å². The molecule has 1 aromatic carbocycles. The van der Waals surface area contributed by atoms with Crippen LogP contribution >= 0.6 is 0 Å². The zero-order valence-corrected chi connectivity index (χ0v) is 15.9. The largest absolute Gasteiger partial charge is 0.371 e. The van der Waals surface area contributed by atoms with Crippen LogP contribution in [-0.4, -0.2) is 55.6 Å². The van der Waals surface area contributed by atoms with Crippen molar-refractivity contribution in [1.29, 1.82) is 0 Å². The van der Waals surface area contributed by atoms with E-state index >= 15 is 0 Å². The minimum atomic E-state index is 1.11. The highest BCUT2D eigenvalue weighted by Crippen LogP contribution is 2.27. The lowest BCUT2D eigenvalue weighted by Crippen LogP contribution is -2.46. The van der Waals surface area contributed by atoms with Crippen molar-refractivity contribution < 1.29 is 0 Å². The van der Waals surface area contributed by atoms with Crippen molar-refractivity contribution in [2.45, 2.75) is 46.6 Å². The lowest BCUT2D eigenvalue weighted by atomic mass is 10.0. The molecule has 0 aliphatic carbocycles. The average molecular weight is 329 g/mol. The fraction of sp³-hybridized carbons (Fsp3) is 0.667. The molecular formula is C21H34N3. The maximum Gasteiger partial charge on any atom is 0.0399 e.